The van der Waals surface area contributed by atoms with Crippen LogP contribution in [0.2, 0.25) is 0 Å². The Hall–Kier alpha value is -3.16. The molecular formula is C40H50O7. The Balaban J connectivity index is 0.000000167. The molecule has 2 aliphatic heterocycles. The summed E-state index contributed by atoms with van der Waals surface area (Å²) in [4.78, 5) is 24.0. The predicted octanol–water partition coefficient (Wildman–Crippen LogP) is 7.43. The van der Waals surface area contributed by atoms with E-state index in [0.717, 1.165) is 62.1 Å². The Kier molecular flexibility index (Phi) is 8.53. The van der Waals surface area contributed by atoms with Gasteiger partial charge in [-0.2, -0.15) is 0 Å². The molecule has 7 nitrogen and oxygen atoms in total. The molecule has 8 rings (SSSR count). The number of benzene rings is 2. The number of aliphatic hydroxyl groups is 2. The average Bonchev–Trinajstić information content (AvgIpc) is 3.59. The van der Waals surface area contributed by atoms with Crippen LogP contribution in [0.4, 0.5) is 0 Å². The molecule has 0 radical (unpaired) electrons. The third kappa shape index (κ3) is 5.92. The molecule has 0 bridgehead atoms. The van der Waals surface area contributed by atoms with Crippen LogP contribution in [0.5, 0.6) is 5.75 Å². The van der Waals surface area contributed by atoms with Crippen LogP contribution < -0.4 is 4.74 Å². The highest BCUT2D eigenvalue weighted by Gasteiger charge is 2.58. The van der Waals surface area contributed by atoms with Crippen molar-refractivity contribution in [2.24, 2.45) is 34.5 Å². The molecule has 2 heterocycles. The summed E-state index contributed by atoms with van der Waals surface area (Å²) in [6, 6.07) is 14.0. The van der Waals surface area contributed by atoms with Crippen LogP contribution in [0.25, 0.3) is 10.8 Å². The lowest BCUT2D eigenvalue weighted by Crippen LogP contribution is -2.52. The molecule has 6 aliphatic rings. The summed E-state index contributed by atoms with van der Waals surface area (Å²) >= 11 is 0. The van der Waals surface area contributed by atoms with Gasteiger partial charge in [-0.1, -0.05) is 68.5 Å². The molecule has 2 aromatic rings. The fourth-order valence-corrected chi connectivity index (χ4v) is 9.53. The maximum atomic E-state index is 12.5. The molecule has 2 unspecified atom stereocenters. The van der Waals surface area contributed by atoms with Gasteiger partial charge in [0.05, 0.1) is 29.6 Å². The third-order valence-corrected chi connectivity index (χ3v) is 12.8. The van der Waals surface area contributed by atoms with Gasteiger partial charge < -0.3 is 24.4 Å². The highest BCUT2D eigenvalue weighted by Crippen LogP contribution is 2.54. The van der Waals surface area contributed by atoms with Crippen molar-refractivity contribution in [1.29, 1.82) is 0 Å². The van der Waals surface area contributed by atoms with Gasteiger partial charge in [0.15, 0.2) is 0 Å². The molecular weight excluding hydrogens is 592 g/mol. The molecule has 4 aliphatic carbocycles. The SMILES string of the molecule is CC1([C@]2(O)CC[C@@H]3C(=O)OC[C@@H]3C2)C=CCCC1.CC1([C@]2(O)CC[C@@H]3C(=O)O[C@@H](Oc4ccc5ccccc5c4)[C@@H]3C2)C=CCCC1. The summed E-state index contributed by atoms with van der Waals surface area (Å²) < 4.78 is 17.0. The first kappa shape index (κ1) is 32.4. The summed E-state index contributed by atoms with van der Waals surface area (Å²) in [5.74, 6) is 0.417. The molecule has 7 heteroatoms. The van der Waals surface area contributed by atoms with Gasteiger partial charge >= 0.3 is 11.9 Å². The zero-order chi connectivity index (χ0) is 32.9. The number of ether oxygens (including phenoxy) is 3. The van der Waals surface area contributed by atoms with Gasteiger partial charge in [-0.15, -0.1) is 0 Å². The maximum Gasteiger partial charge on any atom is 0.312 e. The van der Waals surface area contributed by atoms with E-state index in [2.05, 4.69) is 44.2 Å². The fourth-order valence-electron chi connectivity index (χ4n) is 9.53. The Morgan fingerprint density at radius 2 is 1.40 bits per heavy atom. The lowest BCUT2D eigenvalue weighted by Gasteiger charge is -2.49. The van der Waals surface area contributed by atoms with E-state index in [9.17, 15) is 19.8 Å². The minimum absolute atomic E-state index is 0.0430. The molecule has 2 saturated carbocycles. The molecule has 252 valence electrons. The van der Waals surface area contributed by atoms with Crippen molar-refractivity contribution in [1.82, 2.24) is 0 Å². The number of esters is 2. The van der Waals surface area contributed by atoms with Crippen molar-refractivity contribution in [2.75, 3.05) is 6.61 Å². The van der Waals surface area contributed by atoms with E-state index in [1.54, 1.807) is 0 Å². The minimum atomic E-state index is -0.829. The van der Waals surface area contributed by atoms with Crippen LogP contribution in [-0.4, -0.2) is 46.3 Å². The van der Waals surface area contributed by atoms with Crippen LogP contribution in [0.15, 0.2) is 66.8 Å². The summed E-state index contributed by atoms with van der Waals surface area (Å²) in [5.41, 5.74) is -1.86. The molecule has 2 saturated heterocycles. The van der Waals surface area contributed by atoms with Crippen molar-refractivity contribution in [3.8, 4) is 5.75 Å². The highest BCUT2D eigenvalue weighted by molar-refractivity contribution is 5.83. The number of hydrogen-bond acceptors (Lipinski definition) is 7. The second-order valence-corrected chi connectivity index (χ2v) is 15.7. The van der Waals surface area contributed by atoms with Crippen LogP contribution in [0.1, 0.15) is 90.9 Å². The third-order valence-electron chi connectivity index (χ3n) is 12.8. The molecule has 0 aromatic heterocycles. The quantitative estimate of drug-likeness (QED) is 0.264. The highest BCUT2D eigenvalue weighted by atomic mass is 16.7. The Bertz CT molecular complexity index is 1560. The van der Waals surface area contributed by atoms with E-state index < -0.39 is 17.5 Å². The van der Waals surface area contributed by atoms with Gasteiger partial charge in [0.1, 0.15) is 5.75 Å². The van der Waals surface area contributed by atoms with Crippen LogP contribution in [0.3, 0.4) is 0 Å². The fraction of sp³-hybridized carbons (Fsp3) is 0.600. The second kappa shape index (κ2) is 12.4. The molecule has 0 amide bonds. The lowest BCUT2D eigenvalue weighted by molar-refractivity contribution is -0.154. The van der Waals surface area contributed by atoms with Crippen molar-refractivity contribution < 1.29 is 34.0 Å². The minimum Gasteiger partial charge on any atom is -0.465 e. The maximum absolute atomic E-state index is 12.5. The first-order valence-electron chi connectivity index (χ1n) is 17.8. The zero-order valence-electron chi connectivity index (χ0n) is 27.9. The first-order valence-corrected chi connectivity index (χ1v) is 17.8. The van der Waals surface area contributed by atoms with Crippen molar-refractivity contribution in [3.05, 3.63) is 66.8 Å². The van der Waals surface area contributed by atoms with E-state index in [4.69, 9.17) is 14.2 Å². The van der Waals surface area contributed by atoms with E-state index in [1.807, 2.05) is 36.4 Å². The molecule has 47 heavy (non-hydrogen) atoms. The smallest absolute Gasteiger partial charge is 0.312 e. The number of allylic oxidation sites excluding steroid dienone is 2. The van der Waals surface area contributed by atoms with Gasteiger partial charge in [0, 0.05) is 22.7 Å². The van der Waals surface area contributed by atoms with Crippen molar-refractivity contribution in [2.45, 2.75) is 108 Å². The Morgan fingerprint density at radius 3 is 2.06 bits per heavy atom. The van der Waals surface area contributed by atoms with Gasteiger partial charge in [0.2, 0.25) is 6.29 Å². The van der Waals surface area contributed by atoms with E-state index in [1.165, 1.54) is 0 Å². The first-order chi connectivity index (χ1) is 22.5. The van der Waals surface area contributed by atoms with Gasteiger partial charge in [-0.3, -0.25) is 9.59 Å². The number of carbonyl (C=O) groups excluding carboxylic acids is 2. The molecule has 4 fully saturated rings. The Morgan fingerprint density at radius 1 is 0.766 bits per heavy atom. The monoisotopic (exact) mass is 642 g/mol. The largest absolute Gasteiger partial charge is 0.465 e. The summed E-state index contributed by atoms with van der Waals surface area (Å²) in [5, 5.41) is 24.9. The normalized spacial score (nSPS) is 40.9. The van der Waals surface area contributed by atoms with E-state index in [0.29, 0.717) is 38.0 Å². The van der Waals surface area contributed by atoms with Gasteiger partial charge in [0.25, 0.3) is 0 Å². The number of carbonyl (C=O) groups is 2. The second-order valence-electron chi connectivity index (χ2n) is 15.7. The van der Waals surface area contributed by atoms with Gasteiger partial charge in [-0.05, 0) is 100.0 Å². The molecule has 9 atom stereocenters. The van der Waals surface area contributed by atoms with Crippen LogP contribution >= 0.6 is 0 Å². The summed E-state index contributed by atoms with van der Waals surface area (Å²) in [7, 11) is 0. The molecule has 2 N–H and O–H groups in total. The lowest BCUT2D eigenvalue weighted by atomic mass is 9.58. The molecule has 0 spiro atoms. The number of hydrogen-bond donors (Lipinski definition) is 2. The van der Waals surface area contributed by atoms with Crippen molar-refractivity contribution in [3.63, 3.8) is 0 Å². The van der Waals surface area contributed by atoms with E-state index >= 15 is 0 Å². The number of rotatable bonds is 4. The van der Waals surface area contributed by atoms with Crippen LogP contribution in [-0.2, 0) is 19.1 Å². The summed E-state index contributed by atoms with van der Waals surface area (Å²) in [6.45, 7) is 4.83. The average molecular weight is 643 g/mol. The van der Waals surface area contributed by atoms with E-state index in [-0.39, 0.29) is 46.4 Å². The van der Waals surface area contributed by atoms with Gasteiger partial charge in [-0.25, -0.2) is 0 Å². The standard InChI is InChI=1S/C25H28O4.C15H22O3/c1-24(12-5-2-6-13-24)25(27)14-11-20-21(16-25)23(29-22(20)26)28-19-10-9-17-7-3-4-8-18(17)15-19;1-14(6-3-2-4-7-14)15(17)8-5-12-11(9-15)10-18-13(12)16/h3-5,7-10,12,15,20-21,23,27H,2,6,11,13-14,16H2,1H3;3,6,11-12,17H,2,4-5,7-10H2,1H3/t20-,21+,23+,24?,25-;11-,12-,14?,15-/m00/s1. The Labute approximate surface area is 278 Å². The summed E-state index contributed by atoms with van der Waals surface area (Å²) in [6.07, 6.45) is 18.6. The number of fused-ring (bicyclic) bond motifs is 3. The predicted molar refractivity (Wildman–Crippen MR) is 179 cm³/mol. The topological polar surface area (TPSA) is 102 Å². The van der Waals surface area contributed by atoms with Crippen LogP contribution in [0, 0.1) is 34.5 Å². The zero-order valence-corrected chi connectivity index (χ0v) is 27.9. The number of cyclic esters (lactones) is 2. The molecule has 2 aromatic carbocycles. The van der Waals surface area contributed by atoms with Crippen molar-refractivity contribution >= 4 is 22.7 Å².